The number of amides is 1. The maximum Gasteiger partial charge on any atom is 0.419 e. The molecule has 0 saturated carbocycles. The molecule has 1 aromatic carbocycles. The average Bonchev–Trinajstić information content (AvgIpc) is 2.70. The molecule has 9 heteroatoms. The molecule has 0 bridgehead atoms. The maximum absolute atomic E-state index is 12.9. The van der Waals surface area contributed by atoms with Crippen molar-refractivity contribution >= 4 is 11.7 Å². The number of hydrogen-bond donors (Lipinski definition) is 3. The lowest BCUT2D eigenvalue weighted by molar-refractivity contribution is -0.137. The van der Waals surface area contributed by atoms with E-state index in [1.54, 1.807) is 6.07 Å². The zero-order chi connectivity index (χ0) is 21.7. The van der Waals surface area contributed by atoms with Gasteiger partial charge in [0.05, 0.1) is 5.56 Å². The quantitative estimate of drug-likeness (QED) is 0.536. The van der Waals surface area contributed by atoms with Crippen molar-refractivity contribution in [3.63, 3.8) is 0 Å². The van der Waals surface area contributed by atoms with E-state index in [9.17, 15) is 22.8 Å². The number of nitrogens with one attached hydrogen (secondary N) is 3. The summed E-state index contributed by atoms with van der Waals surface area (Å²) in [5, 5.41) is 5.05. The molecule has 6 nitrogen and oxygen atoms in total. The van der Waals surface area contributed by atoms with Crippen LogP contribution in [-0.2, 0) is 6.18 Å². The number of aromatic nitrogens is 2. The number of benzene rings is 1. The van der Waals surface area contributed by atoms with Gasteiger partial charge in [-0.25, -0.2) is 4.98 Å². The molecule has 0 aliphatic rings. The Kier molecular flexibility index (Phi) is 6.20. The van der Waals surface area contributed by atoms with Gasteiger partial charge < -0.3 is 15.6 Å². The number of carbonyl (C=O) groups is 1. The third-order valence-electron chi connectivity index (χ3n) is 4.30. The van der Waals surface area contributed by atoms with Gasteiger partial charge in [-0.05, 0) is 42.8 Å². The van der Waals surface area contributed by atoms with Crippen LogP contribution in [-0.4, -0.2) is 29.0 Å². The van der Waals surface area contributed by atoms with Gasteiger partial charge in [0.2, 0.25) is 0 Å². The fraction of sp³-hybridized carbons (Fsp3) is 0.190. The van der Waals surface area contributed by atoms with E-state index in [4.69, 9.17) is 0 Å². The molecule has 2 heterocycles. The first-order valence-corrected chi connectivity index (χ1v) is 9.10. The highest BCUT2D eigenvalue weighted by Crippen LogP contribution is 2.33. The lowest BCUT2D eigenvalue weighted by atomic mass is 10.1. The number of pyridine rings is 2. The van der Waals surface area contributed by atoms with E-state index in [0.29, 0.717) is 5.69 Å². The molecule has 0 aliphatic carbocycles. The molecule has 0 unspecified atom stereocenters. The van der Waals surface area contributed by atoms with E-state index in [2.05, 4.69) is 20.6 Å². The summed E-state index contributed by atoms with van der Waals surface area (Å²) in [5.41, 5.74) is 0.906. The number of halogens is 3. The lowest BCUT2D eigenvalue weighted by Gasteiger charge is -2.13. The minimum absolute atomic E-state index is 0.00507. The number of anilines is 1. The number of nitrogens with zero attached hydrogens (tertiary/aromatic N) is 1. The zero-order valence-corrected chi connectivity index (χ0v) is 16.0. The largest absolute Gasteiger partial charge is 0.419 e. The van der Waals surface area contributed by atoms with Gasteiger partial charge in [0.1, 0.15) is 11.4 Å². The van der Waals surface area contributed by atoms with Crippen LogP contribution in [0.15, 0.2) is 59.5 Å². The summed E-state index contributed by atoms with van der Waals surface area (Å²) in [6, 6.07) is 12.7. The summed E-state index contributed by atoms with van der Waals surface area (Å²) in [6.07, 6.45) is -3.29. The van der Waals surface area contributed by atoms with Gasteiger partial charge in [0.15, 0.2) is 0 Å². The Morgan fingerprint density at radius 1 is 1.10 bits per heavy atom. The lowest BCUT2D eigenvalue weighted by Crippen LogP contribution is -2.33. The van der Waals surface area contributed by atoms with Crippen molar-refractivity contribution in [2.24, 2.45) is 0 Å². The normalized spacial score (nSPS) is 11.2. The number of alkyl halides is 3. The first kappa shape index (κ1) is 21.1. The molecule has 2 aromatic heterocycles. The second kappa shape index (κ2) is 8.81. The summed E-state index contributed by atoms with van der Waals surface area (Å²) in [4.78, 5) is 30.9. The molecular weight excluding hydrogens is 397 g/mol. The highest BCUT2D eigenvalue weighted by molar-refractivity contribution is 5.94. The molecular formula is C21H19F3N4O2. The monoisotopic (exact) mass is 416 g/mol. The highest BCUT2D eigenvalue weighted by atomic mass is 19.4. The highest BCUT2D eigenvalue weighted by Gasteiger charge is 2.33. The Morgan fingerprint density at radius 3 is 2.60 bits per heavy atom. The summed E-state index contributed by atoms with van der Waals surface area (Å²) < 4.78 is 38.8. The number of rotatable bonds is 6. The number of H-pyrrole nitrogens is 1. The second-order valence-electron chi connectivity index (χ2n) is 6.56. The minimum atomic E-state index is -4.54. The van der Waals surface area contributed by atoms with Crippen LogP contribution in [0.25, 0.3) is 11.3 Å². The van der Waals surface area contributed by atoms with Crippen molar-refractivity contribution in [2.45, 2.75) is 13.1 Å². The molecule has 0 radical (unpaired) electrons. The van der Waals surface area contributed by atoms with Gasteiger partial charge in [-0.15, -0.1) is 0 Å². The molecule has 30 heavy (non-hydrogen) atoms. The van der Waals surface area contributed by atoms with Gasteiger partial charge in [0, 0.05) is 25.0 Å². The van der Waals surface area contributed by atoms with Gasteiger partial charge in [-0.1, -0.05) is 23.8 Å². The number of aryl methyl sites for hydroxylation is 1. The van der Waals surface area contributed by atoms with Crippen molar-refractivity contribution < 1.29 is 18.0 Å². The SMILES string of the molecule is Cc1cccc(-c2ccc(C(=O)NCCNc3ncccc3C(F)(F)F)c(=O)[nH]2)c1. The predicted molar refractivity (Wildman–Crippen MR) is 107 cm³/mol. The molecule has 0 spiro atoms. The van der Waals surface area contributed by atoms with Gasteiger partial charge in [-0.3, -0.25) is 9.59 Å². The molecule has 0 atom stereocenters. The molecule has 0 aliphatic heterocycles. The van der Waals surface area contributed by atoms with Crippen LogP contribution in [0.2, 0.25) is 0 Å². The van der Waals surface area contributed by atoms with Crippen LogP contribution in [0.3, 0.4) is 0 Å². The summed E-state index contributed by atoms with van der Waals surface area (Å²) >= 11 is 0. The molecule has 3 aromatic rings. The predicted octanol–water partition coefficient (Wildman–Crippen LogP) is 3.61. The van der Waals surface area contributed by atoms with Crippen LogP contribution in [0.1, 0.15) is 21.5 Å². The van der Waals surface area contributed by atoms with E-state index in [1.807, 2.05) is 31.2 Å². The molecule has 0 saturated heterocycles. The first-order valence-electron chi connectivity index (χ1n) is 9.10. The van der Waals surface area contributed by atoms with Crippen molar-refractivity contribution in [2.75, 3.05) is 18.4 Å². The van der Waals surface area contributed by atoms with Crippen LogP contribution in [0.5, 0.6) is 0 Å². The van der Waals surface area contributed by atoms with Crippen LogP contribution < -0.4 is 16.2 Å². The van der Waals surface area contributed by atoms with Crippen molar-refractivity contribution in [1.82, 2.24) is 15.3 Å². The van der Waals surface area contributed by atoms with Crippen LogP contribution in [0.4, 0.5) is 19.0 Å². The Bertz CT molecular complexity index is 1110. The Labute approximate surface area is 170 Å². The van der Waals surface area contributed by atoms with E-state index < -0.39 is 23.2 Å². The van der Waals surface area contributed by atoms with Crippen molar-refractivity contribution in [1.29, 1.82) is 0 Å². The summed E-state index contributed by atoms with van der Waals surface area (Å²) in [7, 11) is 0. The zero-order valence-electron chi connectivity index (χ0n) is 16.0. The molecule has 3 N–H and O–H groups in total. The van der Waals surface area contributed by atoms with Gasteiger partial charge in [-0.2, -0.15) is 13.2 Å². The Balaban J connectivity index is 1.60. The van der Waals surface area contributed by atoms with Crippen LogP contribution in [0, 0.1) is 6.92 Å². The number of hydrogen-bond acceptors (Lipinski definition) is 4. The first-order chi connectivity index (χ1) is 14.3. The van der Waals surface area contributed by atoms with E-state index >= 15 is 0 Å². The molecule has 1 amide bonds. The summed E-state index contributed by atoms with van der Waals surface area (Å²) in [6.45, 7) is 1.94. The van der Waals surface area contributed by atoms with E-state index in [0.717, 1.165) is 17.2 Å². The third-order valence-corrected chi connectivity index (χ3v) is 4.30. The summed E-state index contributed by atoms with van der Waals surface area (Å²) in [5.74, 6) is -0.939. The standard InChI is InChI=1S/C21H19F3N4O2/c1-13-4-2-5-14(12-13)17-8-7-15(20(30)28-17)19(29)27-11-10-26-18-16(21(22,23)24)6-3-9-25-18/h2-9,12H,10-11H2,1H3,(H,25,26)(H,27,29)(H,28,30). The van der Waals surface area contributed by atoms with E-state index in [1.165, 1.54) is 18.3 Å². The number of aromatic amines is 1. The topological polar surface area (TPSA) is 86.9 Å². The number of carbonyl (C=O) groups excluding carboxylic acids is 1. The molecule has 0 fully saturated rings. The Hall–Kier alpha value is -3.62. The maximum atomic E-state index is 12.9. The molecule has 156 valence electrons. The van der Waals surface area contributed by atoms with Crippen molar-refractivity contribution in [3.05, 3.63) is 81.8 Å². The van der Waals surface area contributed by atoms with E-state index in [-0.39, 0.29) is 24.5 Å². The fourth-order valence-corrected chi connectivity index (χ4v) is 2.86. The minimum Gasteiger partial charge on any atom is -0.368 e. The average molecular weight is 416 g/mol. The second-order valence-corrected chi connectivity index (χ2v) is 6.56. The Morgan fingerprint density at radius 2 is 1.90 bits per heavy atom. The van der Waals surface area contributed by atoms with Gasteiger partial charge >= 0.3 is 6.18 Å². The van der Waals surface area contributed by atoms with Crippen molar-refractivity contribution in [3.8, 4) is 11.3 Å². The van der Waals surface area contributed by atoms with Gasteiger partial charge in [0.25, 0.3) is 11.5 Å². The van der Waals surface area contributed by atoms with Crippen LogP contribution >= 0.6 is 0 Å². The smallest absolute Gasteiger partial charge is 0.368 e. The fourth-order valence-electron chi connectivity index (χ4n) is 2.86. The molecule has 3 rings (SSSR count). The third kappa shape index (κ3) is 5.05.